The van der Waals surface area contributed by atoms with Crippen LogP contribution >= 0.6 is 11.6 Å². The van der Waals surface area contributed by atoms with Crippen LogP contribution in [0.5, 0.6) is 5.88 Å². The van der Waals surface area contributed by atoms with E-state index in [-0.39, 0.29) is 0 Å². The molecule has 6 heteroatoms. The molecule has 2 N–H and O–H groups in total. The maximum Gasteiger partial charge on any atom is 0.231 e. The first kappa shape index (κ1) is 12.9. The molecule has 0 amide bonds. The zero-order valence-electron chi connectivity index (χ0n) is 10.9. The topological polar surface area (TPSA) is 65.4 Å². The molecule has 0 radical (unpaired) electrons. The highest BCUT2D eigenvalue weighted by Crippen LogP contribution is 2.25. The van der Waals surface area contributed by atoms with Crippen molar-refractivity contribution in [2.75, 3.05) is 7.11 Å². The lowest BCUT2D eigenvalue weighted by Crippen LogP contribution is -2.05. The average molecular weight is 289 g/mol. The van der Waals surface area contributed by atoms with E-state index in [4.69, 9.17) is 22.1 Å². The van der Waals surface area contributed by atoms with Gasteiger partial charge >= 0.3 is 0 Å². The highest BCUT2D eigenvalue weighted by molar-refractivity contribution is 6.30. The van der Waals surface area contributed by atoms with E-state index in [0.717, 1.165) is 22.6 Å². The molecule has 0 unspecified atom stereocenters. The van der Waals surface area contributed by atoms with E-state index in [0.29, 0.717) is 17.4 Å². The number of benzene rings is 1. The molecular formula is C14H13ClN4O. The summed E-state index contributed by atoms with van der Waals surface area (Å²) < 4.78 is 6.85. The highest BCUT2D eigenvalue weighted by atomic mass is 35.5. The molecule has 0 aliphatic rings. The fraction of sp³-hybridized carbons (Fsp3) is 0.143. The van der Waals surface area contributed by atoms with Crippen molar-refractivity contribution < 1.29 is 4.74 Å². The summed E-state index contributed by atoms with van der Waals surface area (Å²) in [5.41, 5.74) is 9.19. The molecule has 102 valence electrons. The molecule has 0 spiro atoms. The van der Waals surface area contributed by atoms with E-state index >= 15 is 0 Å². The van der Waals surface area contributed by atoms with Crippen LogP contribution in [0.4, 0.5) is 0 Å². The van der Waals surface area contributed by atoms with Gasteiger partial charge in [0.2, 0.25) is 5.88 Å². The lowest BCUT2D eigenvalue weighted by atomic mass is 10.1. The zero-order chi connectivity index (χ0) is 14.1. The molecule has 0 saturated heterocycles. The second-order valence-corrected chi connectivity index (χ2v) is 4.70. The van der Waals surface area contributed by atoms with E-state index < -0.39 is 0 Å². The number of aromatic nitrogens is 3. The minimum absolute atomic E-state index is 0.333. The predicted octanol–water partition coefficient (Wildman–Crippen LogP) is 2.52. The first-order valence-electron chi connectivity index (χ1n) is 6.11. The summed E-state index contributed by atoms with van der Waals surface area (Å²) >= 11 is 5.91. The molecule has 0 saturated carbocycles. The van der Waals surface area contributed by atoms with Gasteiger partial charge in [0.05, 0.1) is 18.5 Å². The zero-order valence-corrected chi connectivity index (χ0v) is 11.6. The lowest BCUT2D eigenvalue weighted by molar-refractivity contribution is 0.389. The molecule has 0 aliphatic carbocycles. The van der Waals surface area contributed by atoms with Crippen LogP contribution in [0.25, 0.3) is 16.9 Å². The SMILES string of the molecule is COc1ccc2nc(-c3ccc(Cl)cc3)c(CN)n2n1. The standard InChI is InChI=1S/C14H13ClN4O/c1-20-13-7-6-12-17-14(11(8-16)19(12)18-13)9-2-4-10(15)5-3-9/h2-7H,8,16H2,1H3. The van der Waals surface area contributed by atoms with Gasteiger partial charge in [0, 0.05) is 23.2 Å². The number of rotatable bonds is 3. The van der Waals surface area contributed by atoms with E-state index in [1.807, 2.05) is 30.3 Å². The van der Waals surface area contributed by atoms with Crippen LogP contribution in [0.15, 0.2) is 36.4 Å². The Morgan fingerprint density at radius 3 is 2.60 bits per heavy atom. The third-order valence-corrected chi connectivity index (χ3v) is 3.32. The number of methoxy groups -OCH3 is 1. The molecule has 0 fully saturated rings. The summed E-state index contributed by atoms with van der Waals surface area (Å²) in [4.78, 5) is 4.58. The van der Waals surface area contributed by atoms with Crippen molar-refractivity contribution in [3.63, 3.8) is 0 Å². The van der Waals surface area contributed by atoms with Crippen molar-refractivity contribution >= 4 is 17.2 Å². The fourth-order valence-electron chi connectivity index (χ4n) is 2.09. The van der Waals surface area contributed by atoms with Gasteiger partial charge in [0.15, 0.2) is 5.65 Å². The number of hydrogen-bond donors (Lipinski definition) is 1. The molecule has 2 aromatic heterocycles. The molecule has 3 aromatic rings. The second kappa shape index (κ2) is 5.11. The Morgan fingerprint density at radius 1 is 1.20 bits per heavy atom. The smallest absolute Gasteiger partial charge is 0.231 e. The van der Waals surface area contributed by atoms with Gasteiger partial charge in [-0.25, -0.2) is 9.50 Å². The van der Waals surface area contributed by atoms with Crippen molar-refractivity contribution in [1.82, 2.24) is 14.6 Å². The molecule has 1 aromatic carbocycles. The quantitative estimate of drug-likeness (QED) is 0.804. The van der Waals surface area contributed by atoms with Crippen molar-refractivity contribution in [2.24, 2.45) is 5.73 Å². The fourth-order valence-corrected chi connectivity index (χ4v) is 2.22. The van der Waals surface area contributed by atoms with Crippen LogP contribution in [0, 0.1) is 0 Å². The van der Waals surface area contributed by atoms with E-state index in [9.17, 15) is 0 Å². The Bertz CT molecular complexity index is 752. The monoisotopic (exact) mass is 288 g/mol. The summed E-state index contributed by atoms with van der Waals surface area (Å²) in [5.74, 6) is 0.521. The van der Waals surface area contributed by atoms with E-state index in [1.165, 1.54) is 0 Å². The van der Waals surface area contributed by atoms with Crippen molar-refractivity contribution in [3.05, 3.63) is 47.1 Å². The minimum atomic E-state index is 0.333. The summed E-state index contributed by atoms with van der Waals surface area (Å²) in [6.07, 6.45) is 0. The van der Waals surface area contributed by atoms with E-state index in [2.05, 4.69) is 10.1 Å². The van der Waals surface area contributed by atoms with Crippen LogP contribution < -0.4 is 10.5 Å². The highest BCUT2D eigenvalue weighted by Gasteiger charge is 2.14. The minimum Gasteiger partial charge on any atom is -0.480 e. The number of ether oxygens (including phenoxy) is 1. The Labute approximate surface area is 121 Å². The molecule has 0 atom stereocenters. The number of fused-ring (bicyclic) bond motifs is 1. The average Bonchev–Trinajstić information content (AvgIpc) is 2.85. The number of nitrogens with zero attached hydrogens (tertiary/aromatic N) is 3. The number of nitrogens with two attached hydrogens (primary N) is 1. The van der Waals surface area contributed by atoms with Gasteiger partial charge in [-0.2, -0.15) is 0 Å². The van der Waals surface area contributed by atoms with Crippen molar-refractivity contribution in [3.8, 4) is 17.1 Å². The molecule has 20 heavy (non-hydrogen) atoms. The molecular weight excluding hydrogens is 276 g/mol. The third kappa shape index (κ3) is 2.11. The molecule has 5 nitrogen and oxygen atoms in total. The van der Waals surface area contributed by atoms with Gasteiger partial charge < -0.3 is 10.5 Å². The summed E-state index contributed by atoms with van der Waals surface area (Å²) in [6, 6.07) is 11.1. The number of imidazole rings is 1. The van der Waals surface area contributed by atoms with E-state index in [1.54, 1.807) is 17.7 Å². The summed E-state index contributed by atoms with van der Waals surface area (Å²) in [7, 11) is 1.58. The van der Waals surface area contributed by atoms with Crippen LogP contribution in [0.2, 0.25) is 5.02 Å². The maximum atomic E-state index is 5.91. The number of hydrogen-bond acceptors (Lipinski definition) is 4. The van der Waals surface area contributed by atoms with Crippen LogP contribution in [0.1, 0.15) is 5.69 Å². The predicted molar refractivity (Wildman–Crippen MR) is 77.9 cm³/mol. The van der Waals surface area contributed by atoms with Gasteiger partial charge in [-0.15, -0.1) is 5.10 Å². The normalized spacial score (nSPS) is 10.9. The Morgan fingerprint density at radius 2 is 1.95 bits per heavy atom. The lowest BCUT2D eigenvalue weighted by Gasteiger charge is -2.03. The van der Waals surface area contributed by atoms with Gasteiger partial charge in [0.25, 0.3) is 0 Å². The largest absolute Gasteiger partial charge is 0.480 e. The Balaban J connectivity index is 2.22. The van der Waals surface area contributed by atoms with Crippen LogP contribution in [-0.4, -0.2) is 21.7 Å². The molecule has 2 heterocycles. The second-order valence-electron chi connectivity index (χ2n) is 4.26. The molecule has 0 bridgehead atoms. The first-order valence-corrected chi connectivity index (χ1v) is 6.49. The van der Waals surface area contributed by atoms with Gasteiger partial charge in [-0.05, 0) is 18.2 Å². The molecule has 0 aliphatic heterocycles. The first-order chi connectivity index (χ1) is 9.72. The maximum absolute atomic E-state index is 5.91. The summed E-state index contributed by atoms with van der Waals surface area (Å²) in [6.45, 7) is 0.333. The Hall–Kier alpha value is -2.11. The van der Waals surface area contributed by atoms with Gasteiger partial charge in [0.1, 0.15) is 0 Å². The van der Waals surface area contributed by atoms with Crippen molar-refractivity contribution in [1.29, 1.82) is 0 Å². The molecule has 3 rings (SSSR count). The third-order valence-electron chi connectivity index (χ3n) is 3.07. The van der Waals surface area contributed by atoms with Crippen LogP contribution in [0.3, 0.4) is 0 Å². The summed E-state index contributed by atoms with van der Waals surface area (Å²) in [5, 5.41) is 5.04. The van der Waals surface area contributed by atoms with Gasteiger partial charge in [-0.1, -0.05) is 23.7 Å². The van der Waals surface area contributed by atoms with Gasteiger partial charge in [-0.3, -0.25) is 0 Å². The van der Waals surface area contributed by atoms with Crippen LogP contribution in [-0.2, 0) is 6.54 Å². The Kier molecular flexibility index (Phi) is 3.30. The van der Waals surface area contributed by atoms with Crippen molar-refractivity contribution in [2.45, 2.75) is 6.54 Å². The number of halogens is 1.